The number of ether oxygens (including phenoxy) is 1. The Morgan fingerprint density at radius 1 is 1.36 bits per heavy atom. The minimum atomic E-state index is 0.303. The number of hydrogen-bond donors (Lipinski definition) is 0. The fourth-order valence-corrected chi connectivity index (χ4v) is 3.36. The van der Waals surface area contributed by atoms with Gasteiger partial charge in [-0.15, -0.1) is 5.10 Å². The fourth-order valence-electron chi connectivity index (χ4n) is 3.36. The van der Waals surface area contributed by atoms with E-state index >= 15 is 0 Å². The van der Waals surface area contributed by atoms with Gasteiger partial charge in [0.25, 0.3) is 0 Å². The van der Waals surface area contributed by atoms with Gasteiger partial charge >= 0.3 is 0 Å². The summed E-state index contributed by atoms with van der Waals surface area (Å²) >= 11 is 0. The molecule has 0 saturated heterocycles. The van der Waals surface area contributed by atoms with Crippen LogP contribution in [0.2, 0.25) is 0 Å². The molecule has 138 valence electrons. The van der Waals surface area contributed by atoms with E-state index < -0.39 is 0 Å². The molecule has 0 N–H and O–H groups in total. The van der Waals surface area contributed by atoms with Crippen molar-refractivity contribution in [2.24, 2.45) is 7.05 Å². The van der Waals surface area contributed by atoms with Gasteiger partial charge in [-0.1, -0.05) is 5.21 Å². The van der Waals surface area contributed by atoms with E-state index in [-0.39, 0.29) is 0 Å². The molecular weight excluding hydrogens is 318 g/mol. The van der Waals surface area contributed by atoms with Crippen molar-refractivity contribution in [3.8, 4) is 0 Å². The van der Waals surface area contributed by atoms with E-state index in [4.69, 9.17) is 4.74 Å². The summed E-state index contributed by atoms with van der Waals surface area (Å²) in [5.41, 5.74) is 3.55. The van der Waals surface area contributed by atoms with Crippen LogP contribution in [0, 0.1) is 0 Å². The normalized spacial score (nSPS) is 18.0. The molecule has 8 heteroatoms. The first kappa shape index (κ1) is 18.0. The fraction of sp³-hybridized carbons (Fsp3) is 0.706. The van der Waals surface area contributed by atoms with Crippen molar-refractivity contribution in [2.75, 3.05) is 40.4 Å². The van der Waals surface area contributed by atoms with Gasteiger partial charge in [-0.25, -0.2) is 4.68 Å². The Morgan fingerprint density at radius 3 is 2.88 bits per heavy atom. The summed E-state index contributed by atoms with van der Waals surface area (Å²) in [6.45, 7) is 8.01. The Morgan fingerprint density at radius 2 is 2.20 bits per heavy atom. The van der Waals surface area contributed by atoms with Gasteiger partial charge in [-0.2, -0.15) is 5.10 Å². The first-order valence-electron chi connectivity index (χ1n) is 8.91. The predicted molar refractivity (Wildman–Crippen MR) is 95.1 cm³/mol. The van der Waals surface area contributed by atoms with Crippen LogP contribution in [-0.4, -0.2) is 75.0 Å². The Balaban J connectivity index is 1.69. The van der Waals surface area contributed by atoms with Crippen LogP contribution in [-0.2, 0) is 31.4 Å². The lowest BCUT2D eigenvalue weighted by Gasteiger charge is -2.32. The monoisotopic (exact) mass is 347 g/mol. The van der Waals surface area contributed by atoms with Crippen LogP contribution in [0.15, 0.2) is 12.4 Å². The number of nitrogens with zero attached hydrogens (tertiary/aromatic N) is 7. The van der Waals surface area contributed by atoms with Gasteiger partial charge in [-0.3, -0.25) is 9.58 Å². The molecule has 0 fully saturated rings. The van der Waals surface area contributed by atoms with E-state index in [9.17, 15) is 0 Å². The molecule has 0 bridgehead atoms. The molecule has 2 aromatic heterocycles. The van der Waals surface area contributed by atoms with Crippen LogP contribution in [0.1, 0.15) is 29.8 Å². The first-order valence-corrected chi connectivity index (χ1v) is 8.91. The van der Waals surface area contributed by atoms with Crippen LogP contribution in [0.4, 0.5) is 0 Å². The van der Waals surface area contributed by atoms with Crippen LogP contribution in [0.5, 0.6) is 0 Å². The molecule has 0 spiro atoms. The lowest BCUT2D eigenvalue weighted by atomic mass is 9.98. The lowest BCUT2D eigenvalue weighted by Crippen LogP contribution is -2.36. The number of aryl methyl sites for hydroxylation is 2. The van der Waals surface area contributed by atoms with E-state index in [0.29, 0.717) is 12.5 Å². The molecule has 1 atom stereocenters. The Hall–Kier alpha value is -1.77. The standard InChI is InChI=1S/C17H29N7O/c1-5-24-17-15(13-25-7-6-21(2)3)11-23(12-16(17)19-20-24)10-14-8-18-22(4)9-14/h8-9,15H,5-7,10-13H2,1-4H3/t15-/m0/s1. The molecule has 3 rings (SSSR count). The molecule has 25 heavy (non-hydrogen) atoms. The molecule has 3 heterocycles. The average molecular weight is 347 g/mol. The maximum atomic E-state index is 5.96. The van der Waals surface area contributed by atoms with Crippen molar-refractivity contribution in [2.45, 2.75) is 32.5 Å². The van der Waals surface area contributed by atoms with Gasteiger partial charge in [0, 0.05) is 57.4 Å². The Bertz CT molecular complexity index is 678. The number of fused-ring (bicyclic) bond motifs is 1. The highest BCUT2D eigenvalue weighted by atomic mass is 16.5. The van der Waals surface area contributed by atoms with E-state index in [1.165, 1.54) is 11.3 Å². The van der Waals surface area contributed by atoms with Crippen LogP contribution in [0.3, 0.4) is 0 Å². The van der Waals surface area contributed by atoms with E-state index in [0.717, 1.165) is 45.0 Å². The van der Waals surface area contributed by atoms with Crippen molar-refractivity contribution < 1.29 is 4.74 Å². The minimum absolute atomic E-state index is 0.303. The van der Waals surface area contributed by atoms with Gasteiger partial charge in [0.1, 0.15) is 5.69 Å². The summed E-state index contributed by atoms with van der Waals surface area (Å²) in [5, 5.41) is 13.0. The van der Waals surface area contributed by atoms with Gasteiger partial charge in [0.05, 0.1) is 25.1 Å². The first-order chi connectivity index (χ1) is 12.1. The molecule has 2 aromatic rings. The van der Waals surface area contributed by atoms with Crippen molar-refractivity contribution in [3.63, 3.8) is 0 Å². The Labute approximate surface area is 149 Å². The van der Waals surface area contributed by atoms with Crippen molar-refractivity contribution in [3.05, 3.63) is 29.3 Å². The second kappa shape index (κ2) is 8.07. The summed E-state index contributed by atoms with van der Waals surface area (Å²) in [6.07, 6.45) is 4.00. The van der Waals surface area contributed by atoms with E-state index in [1.807, 2.05) is 22.6 Å². The van der Waals surface area contributed by atoms with Crippen LogP contribution < -0.4 is 0 Å². The maximum absolute atomic E-state index is 5.96. The highest BCUT2D eigenvalue weighted by Crippen LogP contribution is 2.28. The number of likely N-dealkylation sites (N-methyl/N-ethyl adjacent to an activating group) is 1. The van der Waals surface area contributed by atoms with Gasteiger partial charge < -0.3 is 9.64 Å². The van der Waals surface area contributed by atoms with Crippen LogP contribution >= 0.6 is 0 Å². The second-order valence-corrected chi connectivity index (χ2v) is 7.00. The molecule has 0 amide bonds. The third-order valence-corrected chi connectivity index (χ3v) is 4.55. The topological polar surface area (TPSA) is 64.2 Å². The predicted octanol–water partition coefficient (Wildman–Crippen LogP) is 0.709. The van der Waals surface area contributed by atoms with Crippen LogP contribution in [0.25, 0.3) is 0 Å². The summed E-state index contributed by atoms with van der Waals surface area (Å²) in [4.78, 5) is 4.55. The largest absolute Gasteiger partial charge is 0.379 e. The van der Waals surface area contributed by atoms with Gasteiger partial charge in [0.2, 0.25) is 0 Å². The smallest absolute Gasteiger partial charge is 0.100 e. The molecule has 0 aromatic carbocycles. The van der Waals surface area contributed by atoms with E-state index in [1.54, 1.807) is 0 Å². The lowest BCUT2D eigenvalue weighted by molar-refractivity contribution is 0.0832. The molecule has 1 aliphatic heterocycles. The zero-order valence-electron chi connectivity index (χ0n) is 15.7. The quantitative estimate of drug-likeness (QED) is 0.656. The second-order valence-electron chi connectivity index (χ2n) is 7.00. The molecular formula is C17H29N7O. The SMILES string of the molecule is CCn1nnc2c1[C@H](COCCN(C)C)CN(Cc1cnn(C)c1)C2. The molecule has 1 aliphatic rings. The van der Waals surface area contributed by atoms with Crippen molar-refractivity contribution in [1.29, 1.82) is 0 Å². The van der Waals surface area contributed by atoms with Gasteiger partial charge in [0.15, 0.2) is 0 Å². The Kier molecular flexibility index (Phi) is 5.82. The maximum Gasteiger partial charge on any atom is 0.100 e. The average Bonchev–Trinajstić information content (AvgIpc) is 3.17. The van der Waals surface area contributed by atoms with E-state index in [2.05, 4.69) is 52.4 Å². The molecule has 8 nitrogen and oxygen atoms in total. The number of aromatic nitrogens is 5. The van der Waals surface area contributed by atoms with Crippen molar-refractivity contribution in [1.82, 2.24) is 34.6 Å². The molecule has 0 unspecified atom stereocenters. The highest BCUT2D eigenvalue weighted by Gasteiger charge is 2.30. The minimum Gasteiger partial charge on any atom is -0.379 e. The molecule has 0 aliphatic carbocycles. The highest BCUT2D eigenvalue weighted by molar-refractivity contribution is 5.20. The van der Waals surface area contributed by atoms with Gasteiger partial charge in [-0.05, 0) is 21.0 Å². The number of hydrogen-bond acceptors (Lipinski definition) is 6. The summed E-state index contributed by atoms with van der Waals surface area (Å²) < 4.78 is 9.83. The third kappa shape index (κ3) is 4.45. The summed E-state index contributed by atoms with van der Waals surface area (Å²) in [7, 11) is 6.08. The molecule has 0 radical (unpaired) electrons. The zero-order valence-corrected chi connectivity index (χ0v) is 15.7. The molecule has 0 saturated carbocycles. The van der Waals surface area contributed by atoms with Crippen molar-refractivity contribution >= 4 is 0 Å². The third-order valence-electron chi connectivity index (χ3n) is 4.55. The summed E-state index contributed by atoms with van der Waals surface area (Å²) in [5.74, 6) is 0.303. The number of rotatable bonds is 8. The summed E-state index contributed by atoms with van der Waals surface area (Å²) in [6, 6.07) is 0. The zero-order chi connectivity index (χ0) is 17.8.